The fourth-order valence-corrected chi connectivity index (χ4v) is 18.4. The zero-order valence-corrected chi connectivity index (χ0v) is 74.5. The van der Waals surface area contributed by atoms with Gasteiger partial charge in [-0.15, -0.1) is 0 Å². The van der Waals surface area contributed by atoms with Crippen LogP contribution in [0.4, 0.5) is 72.3 Å². The largest absolute Gasteiger partial charge is 0.433 e. The van der Waals surface area contributed by atoms with Crippen LogP contribution in [0.1, 0.15) is 176 Å². The molecule has 0 spiro atoms. The van der Waals surface area contributed by atoms with Crippen LogP contribution in [0, 0.1) is 81.7 Å². The fraction of sp³-hybridized carbons (Fsp3) is 0.290. The number of likely N-dealkylation sites (tertiary alicyclic amines) is 1. The van der Waals surface area contributed by atoms with Gasteiger partial charge >= 0.3 is 30.5 Å². The van der Waals surface area contributed by atoms with Crippen LogP contribution >= 0.6 is 0 Å². The number of rotatable bonds is 20. The summed E-state index contributed by atoms with van der Waals surface area (Å²) < 4.78 is 180. The number of carbonyl (C=O) groups excluding carboxylic acids is 5. The van der Waals surface area contributed by atoms with Crippen molar-refractivity contribution < 1.29 is 96.0 Å². The lowest BCUT2D eigenvalue weighted by Crippen LogP contribution is -2.45. The summed E-state index contributed by atoms with van der Waals surface area (Å²) in [6, 6.07) is 68.5. The molecule has 12 aromatic rings. The number of benzene rings is 11. The van der Waals surface area contributed by atoms with Gasteiger partial charge in [-0.1, -0.05) is 203 Å². The van der Waals surface area contributed by atoms with Gasteiger partial charge in [0.25, 0.3) is 0 Å². The Hall–Kier alpha value is -13.9. The zero-order valence-electron chi connectivity index (χ0n) is 74.5. The molecule has 3 aliphatic carbocycles. The van der Waals surface area contributed by atoms with Crippen LogP contribution in [0.15, 0.2) is 291 Å². The van der Waals surface area contributed by atoms with E-state index >= 15 is 0 Å². The molecule has 700 valence electrons. The number of carbonyl (C=O) groups is 5. The molecule has 27 heteroatoms. The highest BCUT2D eigenvalue weighted by Crippen LogP contribution is 2.52. The molecular formula is C107H105F11N6O10. The number of nitrogens with zero attached hydrogens (tertiary/aromatic N) is 3. The SMILES string of the molecule is CN(C)C(=O)OC(c1ccc(F)cc1)(c1ccc(F)cc1)c1ccc(F)cc1.CNC(=O)OC(c1ccc(F)cc1)(c1ccc(F)cc1)c1ccc(F)cc1.CNC(=O)OC(c1ccc(F)cc1)(c1ccccc1F)C1CCCCC1.NC(=O)OC(c1ccc(F)cc1)(c1ccccn1)C1CCCCC1.O=C(OC(c1ccc(F)cc1)(c1ccc(F)cc1)C1CCCCC1)N1CCCC1. The van der Waals surface area contributed by atoms with E-state index < -0.39 is 93.1 Å². The lowest BCUT2D eigenvalue weighted by atomic mass is 9.69. The monoisotopic (exact) mass is 1840 g/mol. The number of aromatic nitrogens is 1. The Bertz CT molecular complexity index is 5540. The Labute approximate surface area is 772 Å². The second-order valence-electron chi connectivity index (χ2n) is 33.4. The van der Waals surface area contributed by atoms with Gasteiger partial charge in [-0.25, -0.2) is 72.3 Å². The Morgan fingerprint density at radius 3 is 0.896 bits per heavy atom. The van der Waals surface area contributed by atoms with Crippen molar-refractivity contribution >= 4 is 30.5 Å². The highest BCUT2D eigenvalue weighted by atomic mass is 19.2. The van der Waals surface area contributed by atoms with Gasteiger partial charge in [-0.2, -0.15) is 0 Å². The number of hydrogen-bond acceptors (Lipinski definition) is 11. The minimum atomic E-state index is -1.53. The average Bonchev–Trinajstić information content (AvgIpc) is 0.950. The molecule has 5 amide bonds. The molecule has 2 heterocycles. The molecule has 1 aromatic heterocycles. The van der Waals surface area contributed by atoms with Crippen molar-refractivity contribution in [3.8, 4) is 0 Å². The Balaban J connectivity index is 0.000000151. The summed E-state index contributed by atoms with van der Waals surface area (Å²) in [4.78, 5) is 69.4. The molecule has 1 aliphatic heterocycles. The summed E-state index contributed by atoms with van der Waals surface area (Å²) in [5.74, 6) is -4.61. The van der Waals surface area contributed by atoms with Gasteiger partial charge in [0.15, 0.2) is 28.0 Å². The minimum absolute atomic E-state index is 0.0544. The summed E-state index contributed by atoms with van der Waals surface area (Å²) in [7, 11) is 5.91. The molecule has 2 unspecified atom stereocenters. The van der Waals surface area contributed by atoms with E-state index in [-0.39, 0.29) is 47.1 Å². The summed E-state index contributed by atoms with van der Waals surface area (Å²) in [6.45, 7) is 1.37. The first-order valence-corrected chi connectivity index (χ1v) is 44.5. The van der Waals surface area contributed by atoms with Gasteiger partial charge in [-0.3, -0.25) is 4.98 Å². The van der Waals surface area contributed by atoms with E-state index in [0.717, 1.165) is 120 Å². The third-order valence-electron chi connectivity index (χ3n) is 24.8. The summed E-state index contributed by atoms with van der Waals surface area (Å²) >= 11 is 0. The molecular weight excluding hydrogens is 1740 g/mol. The number of amides is 5. The van der Waals surface area contributed by atoms with Crippen molar-refractivity contribution in [2.24, 2.45) is 23.5 Å². The zero-order chi connectivity index (χ0) is 95.6. The normalized spacial score (nSPS) is 15.1. The van der Waals surface area contributed by atoms with Crippen LogP contribution in [0.25, 0.3) is 0 Å². The third kappa shape index (κ3) is 23.4. The molecule has 16 nitrogen and oxygen atoms in total. The smallest absolute Gasteiger partial charge is 0.411 e. The highest BCUT2D eigenvalue weighted by molar-refractivity contribution is 5.72. The molecule has 3 saturated carbocycles. The molecule has 16 rings (SSSR count). The summed E-state index contributed by atoms with van der Waals surface area (Å²) in [6.07, 6.45) is 15.2. The summed E-state index contributed by atoms with van der Waals surface area (Å²) in [5.41, 5.74) is 5.20. The standard InChI is InChI=1S/C24H27F2NO2.C22H18F3NO2.C21H16F3NO2.C21H23F2NO2.C19H21FN2O2/c25-21-12-8-19(9-13-21)24(18-6-2-1-3-7-18,20-10-14-22(26)15-11-20)29-23(28)27-16-4-5-17-27;1-26(2)21(27)28-22(15-3-9-18(23)10-4-15,16-5-11-19(24)12-6-16)17-7-13-20(25)14-8-17;1-25-20(26)27-21(14-2-8-17(22)9-3-14,15-4-10-18(23)11-5-15)16-6-12-19(24)13-7-16;1-24-20(25)26-21(15-7-3-2-4-8-15,16-11-13-17(22)14-12-16)18-9-5-6-10-19(18)23;20-16-11-9-15(10-12-16)19(24-18(21)23,14-6-2-1-3-7-14)17-8-4-5-13-22-17/h8-15,18H,1-7,16-17H2;3-14H,1-2H3;2-13H,1H3,(H,25,26);5-6,9-15H,2-4,7-8H2,1H3,(H,24,25);4-5,8-14H,1-3,6-7H2,(H2,21,23). The number of hydrogen-bond donors (Lipinski definition) is 3. The van der Waals surface area contributed by atoms with Crippen molar-refractivity contribution in [1.82, 2.24) is 25.4 Å². The van der Waals surface area contributed by atoms with Crippen molar-refractivity contribution in [3.63, 3.8) is 0 Å². The Morgan fingerprint density at radius 2 is 0.597 bits per heavy atom. The van der Waals surface area contributed by atoms with E-state index in [0.29, 0.717) is 68.9 Å². The second kappa shape index (κ2) is 46.0. The van der Waals surface area contributed by atoms with E-state index in [1.54, 1.807) is 77.8 Å². The van der Waals surface area contributed by atoms with Crippen LogP contribution in [0.5, 0.6) is 0 Å². The van der Waals surface area contributed by atoms with E-state index in [4.69, 9.17) is 29.4 Å². The predicted molar refractivity (Wildman–Crippen MR) is 486 cm³/mol. The number of alkyl carbamates (subject to hydrolysis) is 2. The maximum atomic E-state index is 14.9. The number of pyridine rings is 1. The van der Waals surface area contributed by atoms with Crippen LogP contribution in [0.2, 0.25) is 0 Å². The third-order valence-corrected chi connectivity index (χ3v) is 24.8. The molecule has 134 heavy (non-hydrogen) atoms. The van der Waals surface area contributed by atoms with Gasteiger partial charge in [0.2, 0.25) is 0 Å². The van der Waals surface area contributed by atoms with Gasteiger partial charge in [0.05, 0.1) is 5.69 Å². The number of nitrogens with one attached hydrogen (secondary N) is 2. The average molecular weight is 1840 g/mol. The minimum Gasteiger partial charge on any atom is -0.433 e. The lowest BCUT2D eigenvalue weighted by molar-refractivity contribution is -0.0342. The topological polar surface area (TPSA) is 201 Å². The lowest BCUT2D eigenvalue weighted by Gasteiger charge is -2.43. The first-order chi connectivity index (χ1) is 64.6. The van der Waals surface area contributed by atoms with Crippen LogP contribution in [-0.4, -0.2) is 86.5 Å². The number of nitrogens with two attached hydrogens (primary N) is 1. The molecule has 0 radical (unpaired) electrons. The number of ether oxygens (including phenoxy) is 5. The van der Waals surface area contributed by atoms with E-state index in [1.165, 1.54) is 233 Å². The highest BCUT2D eigenvalue weighted by Gasteiger charge is 2.52. The maximum absolute atomic E-state index is 14.9. The van der Waals surface area contributed by atoms with Crippen LogP contribution in [0.3, 0.4) is 0 Å². The first kappa shape index (κ1) is 99.2. The molecule has 4 aliphatic rings. The quantitative estimate of drug-likeness (QED) is 0.0372. The first-order valence-electron chi connectivity index (χ1n) is 44.5. The van der Waals surface area contributed by atoms with E-state index in [1.807, 2.05) is 18.2 Å². The van der Waals surface area contributed by atoms with Gasteiger partial charge < -0.3 is 49.9 Å². The van der Waals surface area contributed by atoms with Crippen LogP contribution < -0.4 is 16.4 Å². The Kier molecular flexibility index (Phi) is 34.0. The molecule has 4 N–H and O–H groups in total. The van der Waals surface area contributed by atoms with Crippen molar-refractivity contribution in [1.29, 1.82) is 0 Å². The van der Waals surface area contributed by atoms with Crippen molar-refractivity contribution in [3.05, 3.63) is 422 Å². The predicted octanol–water partition coefficient (Wildman–Crippen LogP) is 25.2. The molecule has 4 fully saturated rings. The molecule has 1 saturated heterocycles. The second-order valence-corrected chi connectivity index (χ2v) is 33.4. The molecule has 11 aromatic carbocycles. The molecule has 2 atom stereocenters. The van der Waals surface area contributed by atoms with E-state index in [9.17, 15) is 72.3 Å². The maximum Gasteiger partial charge on any atom is 0.411 e. The van der Waals surface area contributed by atoms with Crippen molar-refractivity contribution in [2.45, 2.75) is 137 Å². The summed E-state index contributed by atoms with van der Waals surface area (Å²) in [5, 5.41) is 4.85. The van der Waals surface area contributed by atoms with Gasteiger partial charge in [0, 0.05) is 126 Å². The Morgan fingerprint density at radius 1 is 0.321 bits per heavy atom. The van der Waals surface area contributed by atoms with Gasteiger partial charge in [-0.05, 0) is 191 Å². The number of primary amides is 1. The van der Waals surface area contributed by atoms with Crippen molar-refractivity contribution in [2.75, 3.05) is 41.3 Å². The molecule has 0 bridgehead atoms. The van der Waals surface area contributed by atoms with Crippen LogP contribution in [-0.2, 0) is 51.7 Å². The van der Waals surface area contributed by atoms with Gasteiger partial charge in [0.1, 0.15) is 64.0 Å². The fourth-order valence-electron chi connectivity index (χ4n) is 18.4. The van der Waals surface area contributed by atoms with E-state index in [2.05, 4.69) is 15.6 Å². The number of halogens is 11.